The molecule has 114 valence electrons. The maximum atomic E-state index is 5.57. The van der Waals surface area contributed by atoms with Gasteiger partial charge in [0.1, 0.15) is 0 Å². The van der Waals surface area contributed by atoms with E-state index in [1.165, 1.54) is 25.7 Å². The van der Waals surface area contributed by atoms with Gasteiger partial charge in [0.25, 0.3) is 0 Å². The molecular weight excluding hydrogens is 276 g/mol. The number of thioether (sulfide) groups is 1. The molecule has 1 saturated carbocycles. The highest BCUT2D eigenvalue weighted by Gasteiger charge is 2.33. The van der Waals surface area contributed by atoms with Crippen LogP contribution in [0.4, 0.5) is 6.01 Å². The molecule has 1 fully saturated rings. The lowest BCUT2D eigenvalue weighted by molar-refractivity contribution is 0.198. The van der Waals surface area contributed by atoms with Crippen molar-refractivity contribution in [3.05, 3.63) is 5.89 Å². The van der Waals surface area contributed by atoms with Crippen molar-refractivity contribution in [2.24, 2.45) is 0 Å². The minimum Gasteiger partial charge on any atom is -0.407 e. The van der Waals surface area contributed by atoms with Crippen molar-refractivity contribution in [3.8, 4) is 0 Å². The second-order valence-corrected chi connectivity index (χ2v) is 6.39. The molecule has 1 aromatic heterocycles. The maximum absolute atomic E-state index is 5.57. The largest absolute Gasteiger partial charge is 0.407 e. The van der Waals surface area contributed by atoms with Crippen LogP contribution in [0, 0.1) is 0 Å². The summed E-state index contributed by atoms with van der Waals surface area (Å²) in [5.74, 6) is 0.605. The van der Waals surface area contributed by atoms with E-state index in [4.69, 9.17) is 9.15 Å². The molecule has 1 aliphatic carbocycles. The lowest BCUT2D eigenvalue weighted by Gasteiger charge is -2.26. The molecule has 20 heavy (non-hydrogen) atoms. The molecule has 0 amide bonds. The highest BCUT2D eigenvalue weighted by molar-refractivity contribution is 8.00. The van der Waals surface area contributed by atoms with E-state index >= 15 is 0 Å². The molecule has 2 N–H and O–H groups in total. The first kappa shape index (κ1) is 15.6. The van der Waals surface area contributed by atoms with E-state index in [0.29, 0.717) is 29.8 Å². The summed E-state index contributed by atoms with van der Waals surface area (Å²) in [5, 5.41) is 14.5. The monoisotopic (exact) mass is 300 g/mol. The zero-order valence-electron chi connectivity index (χ0n) is 12.3. The highest BCUT2D eigenvalue weighted by Crippen LogP contribution is 2.40. The number of hydrogen-bond acceptors (Lipinski definition) is 7. The molecule has 0 radical (unpaired) electrons. The topological polar surface area (TPSA) is 72.2 Å². The van der Waals surface area contributed by atoms with Crippen molar-refractivity contribution in [1.82, 2.24) is 15.5 Å². The molecule has 0 unspecified atom stereocenters. The third kappa shape index (κ3) is 4.36. The third-order valence-electron chi connectivity index (χ3n) is 3.74. The summed E-state index contributed by atoms with van der Waals surface area (Å²) < 4.78 is 10.9. The van der Waals surface area contributed by atoms with Gasteiger partial charge in [0.05, 0.1) is 13.2 Å². The first-order chi connectivity index (χ1) is 9.78. The Morgan fingerprint density at radius 1 is 1.35 bits per heavy atom. The molecule has 2 rings (SSSR count). The van der Waals surface area contributed by atoms with Gasteiger partial charge in [-0.15, -0.1) is 5.10 Å². The van der Waals surface area contributed by atoms with E-state index in [1.807, 2.05) is 11.8 Å². The fraction of sp³-hybridized carbons (Fsp3) is 0.846. The van der Waals surface area contributed by atoms with Gasteiger partial charge in [0.2, 0.25) is 5.89 Å². The number of nitrogens with zero attached hydrogens (tertiary/aromatic N) is 2. The van der Waals surface area contributed by atoms with E-state index in [2.05, 4.69) is 27.1 Å². The third-order valence-corrected chi connectivity index (χ3v) is 5.15. The van der Waals surface area contributed by atoms with E-state index in [1.54, 1.807) is 7.11 Å². The molecule has 7 heteroatoms. The fourth-order valence-corrected chi connectivity index (χ4v) is 3.39. The molecule has 0 bridgehead atoms. The van der Waals surface area contributed by atoms with Crippen LogP contribution in [0.5, 0.6) is 0 Å². The Bertz CT molecular complexity index is 393. The Hall–Kier alpha value is -0.790. The van der Waals surface area contributed by atoms with E-state index in [0.717, 1.165) is 13.1 Å². The standard InChI is InChI=1S/C13H24N4O2S/c1-18-8-7-14-9-11-16-17-12(19-11)15-10-13(20-2)5-3-4-6-13/h14H,3-10H2,1-2H3,(H,15,17). The van der Waals surface area contributed by atoms with E-state index in [-0.39, 0.29) is 0 Å². The average molecular weight is 300 g/mol. The van der Waals surface area contributed by atoms with Gasteiger partial charge in [-0.2, -0.15) is 11.8 Å². The summed E-state index contributed by atoms with van der Waals surface area (Å²) >= 11 is 1.95. The zero-order valence-corrected chi connectivity index (χ0v) is 13.1. The van der Waals surface area contributed by atoms with Gasteiger partial charge in [-0.25, -0.2) is 0 Å². The molecule has 1 aromatic rings. The van der Waals surface area contributed by atoms with Crippen LogP contribution < -0.4 is 10.6 Å². The summed E-state index contributed by atoms with van der Waals surface area (Å²) in [6.45, 7) is 2.92. The fourth-order valence-electron chi connectivity index (χ4n) is 2.48. The number of anilines is 1. The number of rotatable bonds is 9. The number of methoxy groups -OCH3 is 1. The predicted molar refractivity (Wildman–Crippen MR) is 81.1 cm³/mol. The molecule has 1 heterocycles. The Balaban J connectivity index is 1.74. The average Bonchev–Trinajstić information content (AvgIpc) is 3.11. The number of ether oxygens (including phenoxy) is 1. The number of hydrogen-bond donors (Lipinski definition) is 2. The van der Waals surface area contributed by atoms with Crippen molar-refractivity contribution < 1.29 is 9.15 Å². The SMILES string of the molecule is COCCNCc1nnc(NCC2(SC)CCCC2)o1. The Kier molecular flexibility index (Phi) is 6.12. The quantitative estimate of drug-likeness (QED) is 0.675. The van der Waals surface area contributed by atoms with Gasteiger partial charge in [0.15, 0.2) is 0 Å². The number of aromatic nitrogens is 2. The van der Waals surface area contributed by atoms with Crippen LogP contribution >= 0.6 is 11.8 Å². The summed E-state index contributed by atoms with van der Waals surface area (Å²) in [4.78, 5) is 0. The van der Waals surface area contributed by atoms with Gasteiger partial charge in [-0.1, -0.05) is 17.9 Å². The van der Waals surface area contributed by atoms with E-state index in [9.17, 15) is 0 Å². The molecule has 0 spiro atoms. The molecule has 0 saturated heterocycles. The van der Waals surface area contributed by atoms with Crippen LogP contribution in [0.1, 0.15) is 31.6 Å². The lowest BCUT2D eigenvalue weighted by atomic mass is 10.1. The first-order valence-corrected chi connectivity index (χ1v) is 8.31. The number of nitrogens with one attached hydrogen (secondary N) is 2. The van der Waals surface area contributed by atoms with Gasteiger partial charge in [-0.3, -0.25) is 0 Å². The first-order valence-electron chi connectivity index (χ1n) is 7.09. The Morgan fingerprint density at radius 3 is 2.85 bits per heavy atom. The second-order valence-electron chi connectivity index (χ2n) is 5.12. The minimum atomic E-state index is 0.339. The lowest BCUT2D eigenvalue weighted by Crippen LogP contribution is -2.30. The van der Waals surface area contributed by atoms with Gasteiger partial charge in [-0.05, 0) is 19.1 Å². The Labute approximate surface area is 124 Å². The van der Waals surface area contributed by atoms with Crippen LogP contribution in [0.3, 0.4) is 0 Å². The molecule has 0 aromatic carbocycles. The minimum absolute atomic E-state index is 0.339. The normalized spacial score (nSPS) is 17.5. The van der Waals surface area contributed by atoms with Crippen molar-refractivity contribution in [2.45, 2.75) is 37.0 Å². The molecule has 6 nitrogen and oxygen atoms in total. The van der Waals surface area contributed by atoms with Crippen LogP contribution in [-0.2, 0) is 11.3 Å². The molecule has 0 aliphatic heterocycles. The second kappa shape index (κ2) is 7.85. The van der Waals surface area contributed by atoms with E-state index < -0.39 is 0 Å². The van der Waals surface area contributed by atoms with Crippen LogP contribution in [0.25, 0.3) is 0 Å². The molecule has 1 aliphatic rings. The van der Waals surface area contributed by atoms with Gasteiger partial charge < -0.3 is 19.8 Å². The summed E-state index contributed by atoms with van der Waals surface area (Å²) in [7, 11) is 1.68. The van der Waals surface area contributed by atoms with Gasteiger partial charge in [0, 0.05) is 24.9 Å². The van der Waals surface area contributed by atoms with Crippen molar-refractivity contribution >= 4 is 17.8 Å². The summed E-state index contributed by atoms with van der Waals surface area (Å²) in [6.07, 6.45) is 7.36. The zero-order chi connectivity index (χ0) is 14.3. The summed E-state index contributed by atoms with van der Waals surface area (Å²) in [5.41, 5.74) is 0. The molecule has 0 atom stereocenters. The van der Waals surface area contributed by atoms with Crippen LogP contribution in [0.15, 0.2) is 4.42 Å². The highest BCUT2D eigenvalue weighted by atomic mass is 32.2. The molecular formula is C13H24N4O2S. The Morgan fingerprint density at radius 2 is 2.15 bits per heavy atom. The smallest absolute Gasteiger partial charge is 0.315 e. The maximum Gasteiger partial charge on any atom is 0.315 e. The van der Waals surface area contributed by atoms with Crippen molar-refractivity contribution in [1.29, 1.82) is 0 Å². The van der Waals surface area contributed by atoms with Crippen molar-refractivity contribution in [2.75, 3.05) is 38.4 Å². The van der Waals surface area contributed by atoms with Crippen LogP contribution in [0.2, 0.25) is 0 Å². The predicted octanol–water partition coefficient (Wildman–Crippen LogP) is 1.89. The summed E-state index contributed by atoms with van der Waals surface area (Å²) in [6, 6.07) is 0.522. The van der Waals surface area contributed by atoms with Crippen molar-refractivity contribution in [3.63, 3.8) is 0 Å². The van der Waals surface area contributed by atoms with Crippen LogP contribution in [-0.4, -0.2) is 48.0 Å². The van der Waals surface area contributed by atoms with Gasteiger partial charge >= 0.3 is 6.01 Å².